The second kappa shape index (κ2) is 8.08. The molecule has 0 aliphatic carbocycles. The monoisotopic (exact) mass is 271 g/mol. The Balaban J connectivity index is 2.60. The Kier molecular flexibility index (Phi) is 6.72. The fourth-order valence-corrected chi connectivity index (χ4v) is 1.83. The predicted octanol–water partition coefficient (Wildman–Crippen LogP) is 1.35. The van der Waals surface area contributed by atoms with E-state index in [1.165, 1.54) is 0 Å². The molecule has 4 nitrogen and oxygen atoms in total. The smallest absolute Gasteiger partial charge is 0.227 e. The zero-order chi connectivity index (χ0) is 13.4. The van der Waals surface area contributed by atoms with Crippen LogP contribution in [0.3, 0.4) is 0 Å². The lowest BCUT2D eigenvalue weighted by molar-refractivity contribution is -0.131. The van der Waals surface area contributed by atoms with Crippen LogP contribution in [0.4, 0.5) is 0 Å². The topological polar surface area (TPSA) is 49.8 Å². The Bertz CT molecular complexity index is 384. The van der Waals surface area contributed by atoms with Gasteiger partial charge in [-0.1, -0.05) is 23.7 Å². The van der Waals surface area contributed by atoms with Gasteiger partial charge in [0.2, 0.25) is 5.91 Å². The van der Waals surface area contributed by atoms with Crippen molar-refractivity contribution in [3.05, 3.63) is 34.9 Å². The first-order valence-electron chi connectivity index (χ1n) is 5.79. The van der Waals surface area contributed by atoms with Crippen molar-refractivity contribution in [2.24, 2.45) is 0 Å². The van der Waals surface area contributed by atoms with E-state index in [1.54, 1.807) is 24.1 Å². The summed E-state index contributed by atoms with van der Waals surface area (Å²) in [4.78, 5) is 13.6. The molecule has 0 unspecified atom stereocenters. The number of methoxy groups -OCH3 is 1. The summed E-state index contributed by atoms with van der Waals surface area (Å²) in [6.07, 6.45) is 0.282. The molecule has 1 N–H and O–H groups in total. The van der Waals surface area contributed by atoms with E-state index >= 15 is 0 Å². The third-order valence-electron chi connectivity index (χ3n) is 2.53. The van der Waals surface area contributed by atoms with Gasteiger partial charge in [-0.25, -0.2) is 0 Å². The molecule has 0 fully saturated rings. The van der Waals surface area contributed by atoms with E-state index in [-0.39, 0.29) is 18.9 Å². The minimum atomic E-state index is -0.0506. The summed E-state index contributed by atoms with van der Waals surface area (Å²) in [5, 5.41) is 9.56. The maximum absolute atomic E-state index is 12.0. The van der Waals surface area contributed by atoms with Crippen LogP contribution in [-0.2, 0) is 16.0 Å². The van der Waals surface area contributed by atoms with Crippen molar-refractivity contribution in [1.29, 1.82) is 0 Å². The van der Waals surface area contributed by atoms with Gasteiger partial charge in [-0.05, 0) is 17.7 Å². The maximum Gasteiger partial charge on any atom is 0.227 e. The van der Waals surface area contributed by atoms with Crippen molar-refractivity contribution < 1.29 is 14.6 Å². The summed E-state index contributed by atoms with van der Waals surface area (Å²) < 4.78 is 4.94. The molecule has 1 aromatic carbocycles. The van der Waals surface area contributed by atoms with Crippen LogP contribution in [0, 0.1) is 0 Å². The Morgan fingerprint density at radius 2 is 2.22 bits per heavy atom. The van der Waals surface area contributed by atoms with Crippen molar-refractivity contribution in [3.8, 4) is 0 Å². The number of ether oxygens (including phenoxy) is 1. The number of aliphatic hydroxyl groups is 1. The minimum absolute atomic E-state index is 0.0385. The van der Waals surface area contributed by atoms with E-state index in [0.29, 0.717) is 24.7 Å². The normalized spacial score (nSPS) is 10.4. The lowest BCUT2D eigenvalue weighted by atomic mass is 10.1. The number of amides is 1. The van der Waals surface area contributed by atoms with Gasteiger partial charge in [-0.3, -0.25) is 4.79 Å². The van der Waals surface area contributed by atoms with Crippen molar-refractivity contribution in [2.45, 2.75) is 6.42 Å². The number of hydrogen-bond donors (Lipinski definition) is 1. The van der Waals surface area contributed by atoms with Crippen LogP contribution in [0.5, 0.6) is 0 Å². The molecule has 1 rings (SSSR count). The van der Waals surface area contributed by atoms with Gasteiger partial charge >= 0.3 is 0 Å². The number of hydrogen-bond acceptors (Lipinski definition) is 3. The number of aliphatic hydroxyl groups excluding tert-OH is 1. The van der Waals surface area contributed by atoms with Crippen LogP contribution < -0.4 is 0 Å². The highest BCUT2D eigenvalue weighted by Gasteiger charge is 2.13. The first kappa shape index (κ1) is 15.0. The molecule has 0 bridgehead atoms. The third-order valence-corrected chi connectivity index (χ3v) is 2.77. The summed E-state index contributed by atoms with van der Waals surface area (Å²) in [6, 6.07) is 7.21. The first-order chi connectivity index (χ1) is 8.67. The molecular formula is C13H18ClNO3. The third kappa shape index (κ3) is 5.04. The molecule has 0 saturated heterocycles. The summed E-state index contributed by atoms with van der Waals surface area (Å²) in [5.74, 6) is -0.0385. The zero-order valence-corrected chi connectivity index (χ0v) is 11.2. The van der Waals surface area contributed by atoms with Crippen LogP contribution in [-0.4, -0.2) is 49.3 Å². The number of benzene rings is 1. The fourth-order valence-electron chi connectivity index (χ4n) is 1.62. The standard InChI is InChI=1S/C13H18ClNO3/c1-18-8-6-15(5-7-16)13(17)10-11-3-2-4-12(14)9-11/h2-4,9,16H,5-8,10H2,1H3. The van der Waals surface area contributed by atoms with Crippen LogP contribution >= 0.6 is 11.6 Å². The summed E-state index contributed by atoms with van der Waals surface area (Å²) in [5.41, 5.74) is 0.868. The van der Waals surface area contributed by atoms with Gasteiger partial charge in [-0.15, -0.1) is 0 Å². The number of rotatable bonds is 7. The molecular weight excluding hydrogens is 254 g/mol. The van der Waals surface area contributed by atoms with E-state index in [4.69, 9.17) is 21.4 Å². The van der Waals surface area contributed by atoms with Crippen LogP contribution in [0.15, 0.2) is 24.3 Å². The molecule has 0 aliphatic heterocycles. The van der Waals surface area contributed by atoms with Crippen molar-refractivity contribution in [2.75, 3.05) is 33.4 Å². The van der Waals surface area contributed by atoms with Crippen molar-refractivity contribution in [3.63, 3.8) is 0 Å². The molecule has 0 saturated carbocycles. The second-order valence-electron chi connectivity index (χ2n) is 3.90. The molecule has 0 radical (unpaired) electrons. The van der Waals surface area contributed by atoms with Crippen LogP contribution in [0.25, 0.3) is 0 Å². The summed E-state index contributed by atoms with van der Waals surface area (Å²) in [7, 11) is 1.58. The van der Waals surface area contributed by atoms with E-state index in [0.717, 1.165) is 5.56 Å². The van der Waals surface area contributed by atoms with Gasteiger partial charge in [0.1, 0.15) is 0 Å². The van der Waals surface area contributed by atoms with Gasteiger partial charge in [0.25, 0.3) is 0 Å². The fraction of sp³-hybridized carbons (Fsp3) is 0.462. The molecule has 0 aromatic heterocycles. The minimum Gasteiger partial charge on any atom is -0.395 e. The average Bonchev–Trinajstić information content (AvgIpc) is 2.34. The second-order valence-corrected chi connectivity index (χ2v) is 4.34. The Morgan fingerprint density at radius 1 is 1.44 bits per heavy atom. The lowest BCUT2D eigenvalue weighted by Crippen LogP contribution is -2.37. The van der Waals surface area contributed by atoms with Gasteiger partial charge in [0, 0.05) is 25.2 Å². The molecule has 0 heterocycles. The lowest BCUT2D eigenvalue weighted by Gasteiger charge is -2.21. The molecule has 1 aromatic rings. The van der Waals surface area contributed by atoms with Crippen LogP contribution in [0.2, 0.25) is 5.02 Å². The molecule has 0 aliphatic rings. The summed E-state index contributed by atoms with van der Waals surface area (Å²) >= 11 is 5.87. The Labute approximate surface area is 112 Å². The van der Waals surface area contributed by atoms with Gasteiger partial charge in [-0.2, -0.15) is 0 Å². The number of carbonyl (C=O) groups is 1. The molecule has 100 valence electrons. The highest BCUT2D eigenvalue weighted by molar-refractivity contribution is 6.30. The SMILES string of the molecule is COCCN(CCO)C(=O)Cc1cccc(Cl)c1. The van der Waals surface area contributed by atoms with Gasteiger partial charge < -0.3 is 14.7 Å². The average molecular weight is 272 g/mol. The van der Waals surface area contributed by atoms with Gasteiger partial charge in [0.15, 0.2) is 0 Å². The number of halogens is 1. The molecule has 5 heteroatoms. The predicted molar refractivity (Wildman–Crippen MR) is 70.7 cm³/mol. The maximum atomic E-state index is 12.0. The molecule has 1 amide bonds. The quantitative estimate of drug-likeness (QED) is 0.814. The highest BCUT2D eigenvalue weighted by atomic mass is 35.5. The molecule has 18 heavy (non-hydrogen) atoms. The van der Waals surface area contributed by atoms with Crippen molar-refractivity contribution >= 4 is 17.5 Å². The van der Waals surface area contributed by atoms with Gasteiger partial charge in [0.05, 0.1) is 19.6 Å². The Hall–Kier alpha value is -1.10. The molecule has 0 atom stereocenters. The van der Waals surface area contributed by atoms with E-state index < -0.39 is 0 Å². The number of carbonyl (C=O) groups excluding carboxylic acids is 1. The van der Waals surface area contributed by atoms with Crippen LogP contribution in [0.1, 0.15) is 5.56 Å². The van der Waals surface area contributed by atoms with Crippen molar-refractivity contribution in [1.82, 2.24) is 4.90 Å². The van der Waals surface area contributed by atoms with E-state index in [9.17, 15) is 4.79 Å². The highest BCUT2D eigenvalue weighted by Crippen LogP contribution is 2.12. The largest absolute Gasteiger partial charge is 0.395 e. The number of nitrogens with zero attached hydrogens (tertiary/aromatic N) is 1. The first-order valence-corrected chi connectivity index (χ1v) is 6.17. The van der Waals surface area contributed by atoms with E-state index in [1.807, 2.05) is 12.1 Å². The Morgan fingerprint density at radius 3 is 2.83 bits per heavy atom. The van der Waals surface area contributed by atoms with E-state index in [2.05, 4.69) is 0 Å². The molecule has 0 spiro atoms. The zero-order valence-electron chi connectivity index (χ0n) is 10.4. The summed E-state index contributed by atoms with van der Waals surface area (Å²) in [6.45, 7) is 1.21.